The van der Waals surface area contributed by atoms with Crippen molar-refractivity contribution in [3.63, 3.8) is 0 Å². The van der Waals surface area contributed by atoms with E-state index in [1.807, 2.05) is 63.2 Å². The maximum Gasteiger partial charge on any atom is 0.253 e. The zero-order valence-electron chi connectivity index (χ0n) is 28.0. The van der Waals surface area contributed by atoms with E-state index in [1.54, 1.807) is 26.9 Å². The lowest BCUT2D eigenvalue weighted by molar-refractivity contribution is -0.140. The second kappa shape index (κ2) is 14.9. The molecule has 1 N–H and O–H groups in total. The Hall–Kier alpha value is -3.95. The number of aryl methyl sites for hydroxylation is 2. The standard InChI is InChI=1S/C38H49N3O6/c1-6-22-39(28-16-18-29(19-17-28)46-8-3)35(43)31-30-20-21-38(47-30)32(31)36(44)41(24-11-9-10-12-25-42)34(38)37(45)40(23-7-2)33-26(4)14-13-15-27(33)5/h6-7,13-19,30-32,34,42H,1-2,8-12,20-25H2,3-5H3/t30-,31+,32-,34?,38?/m0/s1. The van der Waals surface area contributed by atoms with Crippen molar-refractivity contribution in [3.8, 4) is 5.75 Å². The van der Waals surface area contributed by atoms with Crippen molar-refractivity contribution in [2.75, 3.05) is 42.6 Å². The fraction of sp³-hybridized carbons (Fsp3) is 0.500. The zero-order chi connectivity index (χ0) is 33.7. The van der Waals surface area contributed by atoms with E-state index >= 15 is 0 Å². The van der Waals surface area contributed by atoms with Crippen LogP contribution in [0.25, 0.3) is 0 Å². The van der Waals surface area contributed by atoms with Crippen LogP contribution in [-0.2, 0) is 19.1 Å². The predicted molar refractivity (Wildman–Crippen MR) is 183 cm³/mol. The highest BCUT2D eigenvalue weighted by Gasteiger charge is 2.75. The molecular formula is C38H49N3O6. The summed E-state index contributed by atoms with van der Waals surface area (Å²) in [6.07, 6.45) is 7.03. The SMILES string of the molecule is C=CCN(C(=O)[C@@H]1[C@@H]2CCC3(O2)C(C(=O)N(CC=C)c2c(C)cccc2C)N(CCCCCCO)C(=O)[C@H]13)c1ccc(OCC)cc1. The van der Waals surface area contributed by atoms with Crippen LogP contribution in [0.2, 0.25) is 0 Å². The molecule has 1 spiro atoms. The van der Waals surface area contributed by atoms with Crippen molar-refractivity contribution in [1.29, 1.82) is 0 Å². The number of rotatable bonds is 16. The molecule has 9 heteroatoms. The van der Waals surface area contributed by atoms with Gasteiger partial charge in [-0.3, -0.25) is 14.4 Å². The summed E-state index contributed by atoms with van der Waals surface area (Å²) in [5, 5.41) is 9.27. The van der Waals surface area contributed by atoms with E-state index in [1.165, 1.54) is 0 Å². The largest absolute Gasteiger partial charge is 0.494 e. The Morgan fingerprint density at radius 2 is 1.66 bits per heavy atom. The Morgan fingerprint density at radius 3 is 2.30 bits per heavy atom. The lowest BCUT2D eigenvalue weighted by Gasteiger charge is -2.37. The highest BCUT2D eigenvalue weighted by molar-refractivity contribution is 6.07. The van der Waals surface area contributed by atoms with Gasteiger partial charge in [0.05, 0.1) is 24.5 Å². The number of hydrogen-bond acceptors (Lipinski definition) is 6. The fourth-order valence-corrected chi connectivity index (χ4v) is 8.02. The third kappa shape index (κ3) is 6.35. The molecule has 252 valence electrons. The van der Waals surface area contributed by atoms with Crippen LogP contribution in [0.15, 0.2) is 67.8 Å². The maximum atomic E-state index is 14.9. The molecule has 3 fully saturated rings. The van der Waals surface area contributed by atoms with Gasteiger partial charge in [-0.2, -0.15) is 0 Å². The minimum Gasteiger partial charge on any atom is -0.494 e. The molecule has 2 bridgehead atoms. The van der Waals surface area contributed by atoms with Crippen LogP contribution in [0.5, 0.6) is 5.75 Å². The molecule has 5 atom stereocenters. The number of unbranched alkanes of at least 4 members (excludes halogenated alkanes) is 3. The van der Waals surface area contributed by atoms with Gasteiger partial charge in [0.25, 0.3) is 5.91 Å². The van der Waals surface area contributed by atoms with E-state index < -0.39 is 29.6 Å². The summed E-state index contributed by atoms with van der Waals surface area (Å²) in [6, 6.07) is 12.4. The number of aliphatic hydroxyl groups is 1. The van der Waals surface area contributed by atoms with Crippen LogP contribution < -0.4 is 14.5 Å². The van der Waals surface area contributed by atoms with Crippen molar-refractivity contribution >= 4 is 29.1 Å². The van der Waals surface area contributed by atoms with Gasteiger partial charge >= 0.3 is 0 Å². The topological polar surface area (TPSA) is 99.6 Å². The van der Waals surface area contributed by atoms with Gasteiger partial charge in [-0.15, -0.1) is 13.2 Å². The molecular weight excluding hydrogens is 594 g/mol. The van der Waals surface area contributed by atoms with Crippen LogP contribution in [0.3, 0.4) is 0 Å². The number of fused-ring (bicyclic) bond motifs is 1. The highest BCUT2D eigenvalue weighted by Crippen LogP contribution is 2.59. The first-order valence-electron chi connectivity index (χ1n) is 17.0. The quantitative estimate of drug-likeness (QED) is 0.195. The first-order chi connectivity index (χ1) is 22.7. The molecule has 0 radical (unpaired) electrons. The first kappa shape index (κ1) is 34.4. The molecule has 47 heavy (non-hydrogen) atoms. The Kier molecular flexibility index (Phi) is 10.9. The summed E-state index contributed by atoms with van der Waals surface area (Å²) in [6.45, 7) is 15.3. The third-order valence-corrected chi connectivity index (χ3v) is 9.95. The van der Waals surface area contributed by atoms with Gasteiger partial charge in [0.1, 0.15) is 17.4 Å². The molecule has 3 saturated heterocycles. The number of aliphatic hydroxyl groups excluding tert-OH is 1. The molecule has 5 rings (SSSR count). The van der Waals surface area contributed by atoms with Crippen LogP contribution in [-0.4, -0.2) is 78.3 Å². The molecule has 3 heterocycles. The van der Waals surface area contributed by atoms with E-state index in [4.69, 9.17) is 9.47 Å². The second-order valence-corrected chi connectivity index (χ2v) is 12.9. The Balaban J connectivity index is 1.53. The van der Waals surface area contributed by atoms with Gasteiger partial charge in [0.15, 0.2) is 0 Å². The highest BCUT2D eigenvalue weighted by atomic mass is 16.5. The van der Waals surface area contributed by atoms with Crippen LogP contribution in [0, 0.1) is 25.7 Å². The van der Waals surface area contributed by atoms with Gasteiger partial charge in [0, 0.05) is 37.6 Å². The van der Waals surface area contributed by atoms with Crippen molar-refractivity contribution in [1.82, 2.24) is 4.90 Å². The molecule has 3 aliphatic rings. The normalized spacial score (nSPS) is 24.3. The summed E-state index contributed by atoms with van der Waals surface area (Å²) in [5.74, 6) is -1.41. The van der Waals surface area contributed by atoms with E-state index in [0.29, 0.717) is 50.3 Å². The number of anilines is 2. The zero-order valence-corrected chi connectivity index (χ0v) is 28.0. The van der Waals surface area contributed by atoms with Crippen molar-refractivity contribution < 1.29 is 29.0 Å². The fourth-order valence-electron chi connectivity index (χ4n) is 8.02. The molecule has 0 saturated carbocycles. The first-order valence-corrected chi connectivity index (χ1v) is 17.0. The van der Waals surface area contributed by atoms with E-state index in [9.17, 15) is 19.5 Å². The van der Waals surface area contributed by atoms with Gasteiger partial charge in [-0.25, -0.2) is 0 Å². The number of hydrogen-bond donors (Lipinski definition) is 1. The van der Waals surface area contributed by atoms with Crippen LogP contribution >= 0.6 is 0 Å². The average Bonchev–Trinajstić information content (AvgIpc) is 3.70. The number of carbonyl (C=O) groups excluding carboxylic acids is 3. The van der Waals surface area contributed by atoms with Gasteiger partial charge in [0.2, 0.25) is 11.8 Å². The minimum atomic E-state index is -1.11. The molecule has 3 amide bonds. The molecule has 2 aromatic carbocycles. The summed E-state index contributed by atoms with van der Waals surface area (Å²) in [7, 11) is 0. The lowest BCUT2D eigenvalue weighted by atomic mass is 9.70. The molecule has 0 aliphatic carbocycles. The Morgan fingerprint density at radius 1 is 1.00 bits per heavy atom. The second-order valence-electron chi connectivity index (χ2n) is 12.9. The van der Waals surface area contributed by atoms with Gasteiger partial charge in [-0.1, -0.05) is 43.2 Å². The van der Waals surface area contributed by atoms with Crippen molar-refractivity contribution in [2.45, 2.75) is 77.0 Å². The van der Waals surface area contributed by atoms with E-state index in [-0.39, 0.29) is 37.4 Å². The Labute approximate surface area is 278 Å². The number of carbonyl (C=O) groups is 3. The molecule has 2 aromatic rings. The molecule has 3 aliphatic heterocycles. The number of para-hydroxylation sites is 1. The predicted octanol–water partition coefficient (Wildman–Crippen LogP) is 5.37. The summed E-state index contributed by atoms with van der Waals surface area (Å²) in [5.41, 5.74) is 2.28. The number of likely N-dealkylation sites (tertiary alicyclic amines) is 1. The Bertz CT molecular complexity index is 1450. The van der Waals surface area contributed by atoms with Gasteiger partial charge < -0.3 is 29.3 Å². The van der Waals surface area contributed by atoms with Crippen molar-refractivity contribution in [2.24, 2.45) is 11.8 Å². The van der Waals surface area contributed by atoms with E-state index in [0.717, 1.165) is 29.7 Å². The third-order valence-electron chi connectivity index (χ3n) is 9.95. The number of amides is 3. The number of benzene rings is 2. The summed E-state index contributed by atoms with van der Waals surface area (Å²) >= 11 is 0. The summed E-state index contributed by atoms with van der Waals surface area (Å²) < 4.78 is 12.4. The number of nitrogens with zero attached hydrogens (tertiary/aromatic N) is 3. The molecule has 0 aromatic heterocycles. The van der Waals surface area contributed by atoms with Crippen molar-refractivity contribution in [3.05, 3.63) is 78.9 Å². The van der Waals surface area contributed by atoms with Gasteiger partial charge in [-0.05, 0) is 81.8 Å². The van der Waals surface area contributed by atoms with E-state index in [2.05, 4.69) is 13.2 Å². The molecule has 9 nitrogen and oxygen atoms in total. The monoisotopic (exact) mass is 643 g/mol. The molecule has 2 unspecified atom stereocenters. The maximum absolute atomic E-state index is 14.9. The minimum absolute atomic E-state index is 0.121. The summed E-state index contributed by atoms with van der Waals surface area (Å²) in [4.78, 5) is 49.2. The lowest BCUT2D eigenvalue weighted by Crippen LogP contribution is -2.57. The number of ether oxygens (including phenoxy) is 2. The van der Waals surface area contributed by atoms with Crippen LogP contribution in [0.4, 0.5) is 11.4 Å². The average molecular weight is 644 g/mol. The smallest absolute Gasteiger partial charge is 0.253 e. The van der Waals surface area contributed by atoms with Crippen LogP contribution in [0.1, 0.15) is 56.6 Å².